The summed E-state index contributed by atoms with van der Waals surface area (Å²) in [6.45, 7) is 1.10. The summed E-state index contributed by atoms with van der Waals surface area (Å²) in [5, 5.41) is 5.51. The fourth-order valence-corrected chi connectivity index (χ4v) is 4.00. The van der Waals surface area contributed by atoms with Gasteiger partial charge in [0.05, 0.1) is 30.7 Å². The van der Waals surface area contributed by atoms with Crippen LogP contribution in [0.25, 0.3) is 0 Å². The van der Waals surface area contributed by atoms with Crippen molar-refractivity contribution >= 4 is 23.4 Å². The Kier molecular flexibility index (Phi) is 8.43. The smallest absolute Gasteiger partial charge is 0.257 e. The van der Waals surface area contributed by atoms with Crippen molar-refractivity contribution in [2.45, 2.75) is 37.5 Å². The van der Waals surface area contributed by atoms with Crippen LogP contribution in [-0.2, 0) is 23.8 Å². The highest BCUT2D eigenvalue weighted by Gasteiger charge is 2.39. The van der Waals surface area contributed by atoms with Crippen molar-refractivity contribution in [3.63, 3.8) is 0 Å². The number of nitrogens with zero attached hydrogens (tertiary/aromatic N) is 1. The van der Waals surface area contributed by atoms with E-state index in [-0.39, 0.29) is 55.6 Å². The molecule has 2 aliphatic heterocycles. The van der Waals surface area contributed by atoms with Crippen LogP contribution in [0.2, 0.25) is 0 Å². The zero-order valence-corrected chi connectivity index (χ0v) is 18.7. The molecular weight excluding hydrogens is 418 g/mol. The molecule has 0 radical (unpaired) electrons. The molecule has 2 heterocycles. The lowest BCUT2D eigenvalue weighted by Gasteiger charge is -2.42. The summed E-state index contributed by atoms with van der Waals surface area (Å²) in [6, 6.07) is 4.77. The molecule has 2 aliphatic rings. The van der Waals surface area contributed by atoms with E-state index in [1.54, 1.807) is 37.3 Å². The van der Waals surface area contributed by atoms with Gasteiger partial charge >= 0.3 is 0 Å². The Bertz CT molecular complexity index is 832. The summed E-state index contributed by atoms with van der Waals surface area (Å²) < 4.78 is 21.9. The van der Waals surface area contributed by atoms with E-state index in [9.17, 15) is 14.4 Å². The SMILES string of the molecule is COCCNC(=O)C[C@@H]1CC[C@@H]2[C@H](COc3ccc(NC(=O)COC)cc3C(=O)N2C)O1. The van der Waals surface area contributed by atoms with Crippen LogP contribution in [0.15, 0.2) is 18.2 Å². The van der Waals surface area contributed by atoms with Crippen LogP contribution in [0.4, 0.5) is 5.69 Å². The third-order valence-electron chi connectivity index (χ3n) is 5.61. The van der Waals surface area contributed by atoms with Crippen molar-refractivity contribution in [2.75, 3.05) is 52.9 Å². The molecule has 2 N–H and O–H groups in total. The number of ether oxygens (including phenoxy) is 4. The molecule has 0 unspecified atom stereocenters. The Morgan fingerprint density at radius 2 is 2.00 bits per heavy atom. The minimum Gasteiger partial charge on any atom is -0.490 e. The predicted molar refractivity (Wildman–Crippen MR) is 116 cm³/mol. The monoisotopic (exact) mass is 449 g/mol. The first-order valence-electron chi connectivity index (χ1n) is 10.7. The molecule has 3 atom stereocenters. The number of carbonyl (C=O) groups excluding carboxylic acids is 3. The molecule has 1 saturated heterocycles. The van der Waals surface area contributed by atoms with Gasteiger partial charge in [-0.3, -0.25) is 14.4 Å². The van der Waals surface area contributed by atoms with Crippen LogP contribution >= 0.6 is 0 Å². The number of rotatable bonds is 8. The summed E-state index contributed by atoms with van der Waals surface area (Å²) in [5.41, 5.74) is 0.869. The number of amides is 3. The molecule has 0 aromatic heterocycles. The highest BCUT2D eigenvalue weighted by molar-refractivity contribution is 6.00. The first-order chi connectivity index (χ1) is 15.4. The number of benzene rings is 1. The molecule has 176 valence electrons. The van der Waals surface area contributed by atoms with Crippen LogP contribution in [0.1, 0.15) is 29.6 Å². The number of anilines is 1. The largest absolute Gasteiger partial charge is 0.490 e. The first kappa shape index (κ1) is 24.0. The summed E-state index contributed by atoms with van der Waals surface area (Å²) in [5.74, 6) is -0.182. The van der Waals surface area contributed by atoms with Crippen LogP contribution in [0.3, 0.4) is 0 Å². The summed E-state index contributed by atoms with van der Waals surface area (Å²) in [6.07, 6.45) is 1.04. The molecular formula is C22H31N3O7. The minimum atomic E-state index is -0.344. The molecule has 0 aliphatic carbocycles. The van der Waals surface area contributed by atoms with Crippen molar-refractivity contribution in [3.8, 4) is 5.75 Å². The molecule has 10 heteroatoms. The third kappa shape index (κ3) is 5.96. The van der Waals surface area contributed by atoms with Crippen molar-refractivity contribution in [3.05, 3.63) is 23.8 Å². The maximum absolute atomic E-state index is 13.2. The lowest BCUT2D eigenvalue weighted by atomic mass is 9.94. The minimum absolute atomic E-state index is 0.0753. The Morgan fingerprint density at radius 3 is 2.75 bits per heavy atom. The van der Waals surface area contributed by atoms with Gasteiger partial charge in [0.15, 0.2) is 0 Å². The van der Waals surface area contributed by atoms with Crippen LogP contribution in [0.5, 0.6) is 5.75 Å². The fourth-order valence-electron chi connectivity index (χ4n) is 4.00. The second kappa shape index (κ2) is 11.3. The Balaban J connectivity index is 1.67. The molecule has 32 heavy (non-hydrogen) atoms. The number of hydrogen-bond donors (Lipinski definition) is 2. The van der Waals surface area contributed by atoms with Gasteiger partial charge in [-0.1, -0.05) is 0 Å². The Labute approximate surface area is 187 Å². The van der Waals surface area contributed by atoms with E-state index < -0.39 is 0 Å². The van der Waals surface area contributed by atoms with E-state index in [1.165, 1.54) is 7.11 Å². The highest BCUT2D eigenvalue weighted by Crippen LogP contribution is 2.32. The molecule has 10 nitrogen and oxygen atoms in total. The van der Waals surface area contributed by atoms with Gasteiger partial charge in [0.2, 0.25) is 11.8 Å². The number of carbonyl (C=O) groups is 3. The second-order valence-corrected chi connectivity index (χ2v) is 7.91. The predicted octanol–water partition coefficient (Wildman–Crippen LogP) is 0.805. The van der Waals surface area contributed by atoms with E-state index in [1.807, 2.05) is 0 Å². The average molecular weight is 450 g/mol. The number of hydrogen-bond acceptors (Lipinski definition) is 7. The standard InChI is InChI=1S/C22H31N3O7/c1-25-17-6-5-15(11-20(26)23-8-9-29-2)32-19(17)12-31-18-7-4-14(10-16(18)22(25)28)24-21(27)13-30-3/h4,7,10,15,17,19H,5-6,8-9,11-13H2,1-3H3,(H,23,26)(H,24,27)/t15-,17+,19-/m0/s1. The average Bonchev–Trinajstić information content (AvgIpc) is 2.77. The van der Waals surface area contributed by atoms with E-state index >= 15 is 0 Å². The zero-order valence-electron chi connectivity index (χ0n) is 18.7. The molecule has 1 aromatic carbocycles. The van der Waals surface area contributed by atoms with Gasteiger partial charge in [-0.2, -0.15) is 0 Å². The highest BCUT2D eigenvalue weighted by atomic mass is 16.5. The van der Waals surface area contributed by atoms with E-state index in [4.69, 9.17) is 18.9 Å². The molecule has 0 spiro atoms. The quantitative estimate of drug-likeness (QED) is 0.564. The summed E-state index contributed by atoms with van der Waals surface area (Å²) in [7, 11) is 4.76. The molecule has 0 saturated carbocycles. The topological polar surface area (TPSA) is 115 Å². The van der Waals surface area contributed by atoms with Gasteiger partial charge < -0.3 is 34.5 Å². The van der Waals surface area contributed by atoms with E-state index in [0.29, 0.717) is 43.0 Å². The van der Waals surface area contributed by atoms with Gasteiger partial charge in [0, 0.05) is 33.5 Å². The molecule has 1 aromatic rings. The van der Waals surface area contributed by atoms with Gasteiger partial charge in [-0.05, 0) is 31.0 Å². The van der Waals surface area contributed by atoms with Crippen molar-refractivity contribution in [1.29, 1.82) is 0 Å². The van der Waals surface area contributed by atoms with Gasteiger partial charge in [-0.25, -0.2) is 0 Å². The van der Waals surface area contributed by atoms with Crippen LogP contribution in [-0.4, -0.2) is 88.5 Å². The van der Waals surface area contributed by atoms with Crippen LogP contribution in [0, 0.1) is 0 Å². The van der Waals surface area contributed by atoms with E-state index in [2.05, 4.69) is 10.6 Å². The summed E-state index contributed by atoms with van der Waals surface area (Å²) >= 11 is 0. The maximum Gasteiger partial charge on any atom is 0.257 e. The van der Waals surface area contributed by atoms with Crippen molar-refractivity contribution < 1.29 is 33.3 Å². The summed E-state index contributed by atoms with van der Waals surface area (Å²) in [4.78, 5) is 38.8. The van der Waals surface area contributed by atoms with Gasteiger partial charge in [0.25, 0.3) is 5.91 Å². The first-order valence-corrected chi connectivity index (χ1v) is 10.7. The second-order valence-electron chi connectivity index (χ2n) is 7.91. The maximum atomic E-state index is 13.2. The third-order valence-corrected chi connectivity index (χ3v) is 5.61. The normalized spacial score (nSPS) is 22.7. The van der Waals surface area contributed by atoms with Gasteiger partial charge in [0.1, 0.15) is 25.1 Å². The Hall–Kier alpha value is -2.69. The molecule has 1 fully saturated rings. The van der Waals surface area contributed by atoms with E-state index in [0.717, 1.165) is 0 Å². The van der Waals surface area contributed by atoms with Crippen molar-refractivity contribution in [2.24, 2.45) is 0 Å². The molecule has 0 bridgehead atoms. The number of nitrogens with one attached hydrogen (secondary N) is 2. The number of likely N-dealkylation sites (N-methyl/N-ethyl adjacent to an activating group) is 1. The number of methoxy groups -OCH3 is 2. The zero-order chi connectivity index (χ0) is 23.1. The fraction of sp³-hybridized carbons (Fsp3) is 0.591. The lowest BCUT2D eigenvalue weighted by molar-refractivity contribution is -0.134. The molecule has 3 amide bonds. The molecule has 3 rings (SSSR count). The number of fused-ring (bicyclic) bond motifs is 2. The van der Waals surface area contributed by atoms with Crippen molar-refractivity contribution in [1.82, 2.24) is 10.2 Å². The van der Waals surface area contributed by atoms with Gasteiger partial charge in [-0.15, -0.1) is 0 Å². The lowest BCUT2D eigenvalue weighted by Crippen LogP contribution is -2.54. The van der Waals surface area contributed by atoms with Crippen LogP contribution < -0.4 is 15.4 Å². The Morgan fingerprint density at radius 1 is 1.19 bits per heavy atom.